The number of ether oxygens (including phenoxy) is 2. The van der Waals surface area contributed by atoms with Gasteiger partial charge in [0.15, 0.2) is 5.84 Å². The van der Waals surface area contributed by atoms with Gasteiger partial charge < -0.3 is 14.3 Å². The molecule has 0 unspecified atom stereocenters. The fourth-order valence-electron chi connectivity index (χ4n) is 3.32. The third-order valence-corrected chi connectivity index (χ3v) is 4.81. The van der Waals surface area contributed by atoms with Crippen LogP contribution in [0.1, 0.15) is 24.0 Å². The summed E-state index contributed by atoms with van der Waals surface area (Å²) < 4.78 is 11.0. The number of carbonyl (C=O) groups excluding carboxylic acids is 1. The van der Waals surface area contributed by atoms with Crippen LogP contribution < -0.4 is 5.43 Å². The second-order valence-corrected chi connectivity index (χ2v) is 6.78. The highest BCUT2D eigenvalue weighted by Gasteiger charge is 2.48. The molecule has 0 atom stereocenters. The summed E-state index contributed by atoms with van der Waals surface area (Å²) in [7, 11) is 0. The molecule has 2 aromatic rings. The van der Waals surface area contributed by atoms with E-state index >= 15 is 0 Å². The minimum atomic E-state index is -0.724. The van der Waals surface area contributed by atoms with Gasteiger partial charge in [-0.1, -0.05) is 65.8 Å². The number of amides is 1. The van der Waals surface area contributed by atoms with Crippen LogP contribution in [0.2, 0.25) is 0 Å². The summed E-state index contributed by atoms with van der Waals surface area (Å²) in [6, 6.07) is 19.4. The van der Waals surface area contributed by atoms with Gasteiger partial charge in [0.2, 0.25) is 5.72 Å². The number of oxime groups is 1. The normalized spacial score (nSPS) is 17.9. The monoisotopic (exact) mass is 381 g/mol. The summed E-state index contributed by atoms with van der Waals surface area (Å²) >= 11 is 0. The van der Waals surface area contributed by atoms with Crippen molar-refractivity contribution in [1.29, 1.82) is 0 Å². The quantitative estimate of drug-likeness (QED) is 0.832. The molecule has 0 radical (unpaired) electrons. The molecular weight excluding hydrogens is 358 g/mol. The lowest BCUT2D eigenvalue weighted by molar-refractivity contribution is -0.174. The fraction of sp³-hybridized carbons (Fsp3) is 0.333. The number of hydrogen-bond acceptors (Lipinski definition) is 6. The van der Waals surface area contributed by atoms with Crippen molar-refractivity contribution >= 4 is 11.7 Å². The summed E-state index contributed by atoms with van der Waals surface area (Å²) in [6.45, 7) is 1.42. The molecule has 1 spiro atoms. The predicted octanol–water partition coefficient (Wildman–Crippen LogP) is 2.44. The van der Waals surface area contributed by atoms with E-state index in [-0.39, 0.29) is 12.5 Å². The topological polar surface area (TPSA) is 72.4 Å². The third kappa shape index (κ3) is 4.00. The van der Waals surface area contributed by atoms with Gasteiger partial charge in [0.25, 0.3) is 5.91 Å². The zero-order valence-electron chi connectivity index (χ0n) is 15.5. The Balaban J connectivity index is 1.43. The Labute approximate surface area is 163 Å². The van der Waals surface area contributed by atoms with Crippen molar-refractivity contribution < 1.29 is 19.1 Å². The van der Waals surface area contributed by atoms with E-state index in [1.54, 1.807) is 5.01 Å². The van der Waals surface area contributed by atoms with Gasteiger partial charge in [-0.25, -0.2) is 5.01 Å². The molecule has 2 heterocycles. The Bertz CT molecular complexity index is 820. The maximum Gasteiger partial charge on any atom is 0.264 e. The summed E-state index contributed by atoms with van der Waals surface area (Å²) in [5.41, 5.74) is 4.10. The molecule has 7 nitrogen and oxygen atoms in total. The Morgan fingerprint density at radius 1 is 1.07 bits per heavy atom. The molecule has 1 N–H and O–H groups in total. The van der Waals surface area contributed by atoms with Crippen LogP contribution in [0.25, 0.3) is 0 Å². The van der Waals surface area contributed by atoms with Gasteiger partial charge in [0.1, 0.15) is 6.61 Å². The molecule has 1 saturated heterocycles. The first-order valence-electron chi connectivity index (χ1n) is 9.38. The van der Waals surface area contributed by atoms with E-state index in [1.807, 2.05) is 60.7 Å². The van der Waals surface area contributed by atoms with Crippen molar-refractivity contribution in [3.63, 3.8) is 0 Å². The van der Waals surface area contributed by atoms with E-state index in [0.29, 0.717) is 38.5 Å². The largest absolute Gasteiger partial charge is 0.381 e. The summed E-state index contributed by atoms with van der Waals surface area (Å²) in [6.07, 6.45) is 1.22. The van der Waals surface area contributed by atoms with Gasteiger partial charge in [0.05, 0.1) is 19.8 Å². The molecule has 4 rings (SSSR count). The van der Waals surface area contributed by atoms with Gasteiger partial charge in [-0.15, -0.1) is 0 Å². The second kappa shape index (κ2) is 8.41. The lowest BCUT2D eigenvalue weighted by Gasteiger charge is -2.39. The van der Waals surface area contributed by atoms with Crippen LogP contribution in [0.15, 0.2) is 65.8 Å². The Morgan fingerprint density at radius 2 is 1.75 bits per heavy atom. The van der Waals surface area contributed by atoms with E-state index < -0.39 is 5.72 Å². The second-order valence-electron chi connectivity index (χ2n) is 6.78. The molecule has 0 aliphatic carbocycles. The number of benzene rings is 2. The van der Waals surface area contributed by atoms with Crippen LogP contribution >= 0.6 is 0 Å². The number of nitrogens with one attached hydrogen (secondary N) is 1. The maximum absolute atomic E-state index is 12.6. The SMILES string of the molecule is O=C(COCc1ccccc1)NN1C(c2ccccc2)=NOC12CCOCC2. The van der Waals surface area contributed by atoms with Gasteiger partial charge in [-0.05, 0) is 5.56 Å². The minimum absolute atomic E-state index is 0.0555. The maximum atomic E-state index is 12.6. The first kappa shape index (κ1) is 18.5. The van der Waals surface area contributed by atoms with Crippen molar-refractivity contribution in [1.82, 2.24) is 10.4 Å². The van der Waals surface area contributed by atoms with E-state index in [2.05, 4.69) is 10.6 Å². The molecule has 0 aromatic heterocycles. The number of nitrogens with zero attached hydrogens (tertiary/aromatic N) is 2. The molecule has 2 aromatic carbocycles. The van der Waals surface area contributed by atoms with Gasteiger partial charge in [-0.3, -0.25) is 10.2 Å². The Kier molecular flexibility index (Phi) is 5.55. The van der Waals surface area contributed by atoms with Crippen molar-refractivity contribution in [2.45, 2.75) is 25.2 Å². The molecular formula is C21H23N3O4. The zero-order valence-corrected chi connectivity index (χ0v) is 15.5. The van der Waals surface area contributed by atoms with Crippen molar-refractivity contribution in [2.24, 2.45) is 5.16 Å². The minimum Gasteiger partial charge on any atom is -0.381 e. The Morgan fingerprint density at radius 3 is 2.46 bits per heavy atom. The Hall–Kier alpha value is -2.90. The number of hydrazine groups is 1. The van der Waals surface area contributed by atoms with Crippen molar-refractivity contribution in [3.05, 3.63) is 71.8 Å². The molecule has 7 heteroatoms. The summed E-state index contributed by atoms with van der Waals surface area (Å²) in [5.74, 6) is 0.329. The van der Waals surface area contributed by atoms with Crippen LogP contribution in [-0.2, 0) is 25.7 Å². The van der Waals surface area contributed by atoms with Gasteiger partial charge in [-0.2, -0.15) is 0 Å². The first-order chi connectivity index (χ1) is 13.8. The van der Waals surface area contributed by atoms with Crippen molar-refractivity contribution in [2.75, 3.05) is 19.8 Å². The first-order valence-corrected chi connectivity index (χ1v) is 9.38. The number of hydrogen-bond donors (Lipinski definition) is 1. The predicted molar refractivity (Wildman–Crippen MR) is 103 cm³/mol. The highest BCUT2D eigenvalue weighted by molar-refractivity contribution is 6.00. The van der Waals surface area contributed by atoms with Gasteiger partial charge in [0, 0.05) is 18.4 Å². The van der Waals surface area contributed by atoms with Crippen LogP contribution in [-0.4, -0.2) is 42.3 Å². The molecule has 1 fully saturated rings. The van der Waals surface area contributed by atoms with Gasteiger partial charge >= 0.3 is 0 Å². The number of carbonyl (C=O) groups is 1. The molecule has 2 aliphatic rings. The van der Waals surface area contributed by atoms with E-state index in [1.165, 1.54) is 0 Å². The molecule has 28 heavy (non-hydrogen) atoms. The summed E-state index contributed by atoms with van der Waals surface area (Å²) in [4.78, 5) is 18.4. The van der Waals surface area contributed by atoms with Crippen LogP contribution in [0.5, 0.6) is 0 Å². The zero-order chi connectivity index (χ0) is 19.2. The lowest BCUT2D eigenvalue weighted by Crippen LogP contribution is -2.60. The number of amidine groups is 1. The van der Waals surface area contributed by atoms with Crippen LogP contribution in [0, 0.1) is 0 Å². The van der Waals surface area contributed by atoms with E-state index in [4.69, 9.17) is 14.3 Å². The molecule has 0 bridgehead atoms. The van der Waals surface area contributed by atoms with E-state index in [9.17, 15) is 4.79 Å². The average molecular weight is 381 g/mol. The van der Waals surface area contributed by atoms with Crippen LogP contribution in [0.4, 0.5) is 0 Å². The number of rotatable bonds is 6. The third-order valence-electron chi connectivity index (χ3n) is 4.81. The molecule has 146 valence electrons. The molecule has 1 amide bonds. The fourth-order valence-corrected chi connectivity index (χ4v) is 3.32. The summed E-state index contributed by atoms with van der Waals surface area (Å²) in [5, 5.41) is 6.01. The molecule has 2 aliphatic heterocycles. The highest BCUT2D eigenvalue weighted by Crippen LogP contribution is 2.34. The van der Waals surface area contributed by atoms with Crippen LogP contribution in [0.3, 0.4) is 0 Å². The average Bonchev–Trinajstić information content (AvgIpc) is 3.07. The standard InChI is InChI=1S/C21H23N3O4/c25-19(16-27-15-17-7-3-1-4-8-17)22-24-20(18-9-5-2-6-10-18)23-28-21(24)11-13-26-14-12-21/h1-10H,11-16H2,(H,22,25). The molecule has 0 saturated carbocycles. The highest BCUT2D eigenvalue weighted by atomic mass is 16.7. The smallest absolute Gasteiger partial charge is 0.264 e. The van der Waals surface area contributed by atoms with Crippen molar-refractivity contribution in [3.8, 4) is 0 Å². The lowest BCUT2D eigenvalue weighted by atomic mass is 10.0. The van der Waals surface area contributed by atoms with E-state index in [0.717, 1.165) is 11.1 Å².